The smallest absolute Gasteiger partial charge is 0.237 e. The second-order valence-corrected chi connectivity index (χ2v) is 12.4. The maximum Gasteiger partial charge on any atom is 0.237 e. The summed E-state index contributed by atoms with van der Waals surface area (Å²) in [5.74, 6) is 0.0764. The molecule has 1 fully saturated rings. The molecule has 1 aliphatic rings. The van der Waals surface area contributed by atoms with E-state index in [0.717, 1.165) is 28.2 Å². The SMILES string of the molecule is COc1ccc(COC/C=C/C(C)(C)[C@]2(OC)OC(C[C@@H](OCc3ccc(OC)cc3)[C@@H](C)OCc3ccccc3)CCC2=O)cc1. The first-order chi connectivity index (χ1) is 22.7. The highest BCUT2D eigenvalue weighted by molar-refractivity contribution is 5.87. The first kappa shape index (κ1) is 36.3. The van der Waals surface area contributed by atoms with E-state index in [4.69, 9.17) is 33.2 Å². The molecule has 0 spiro atoms. The highest BCUT2D eigenvalue weighted by Gasteiger charge is 2.55. The molecule has 0 amide bonds. The van der Waals surface area contributed by atoms with E-state index < -0.39 is 11.2 Å². The van der Waals surface area contributed by atoms with Gasteiger partial charge in [-0.05, 0) is 54.3 Å². The van der Waals surface area contributed by atoms with E-state index in [-0.39, 0.29) is 24.1 Å². The van der Waals surface area contributed by atoms with Crippen LogP contribution in [0.1, 0.15) is 56.7 Å². The van der Waals surface area contributed by atoms with Crippen LogP contribution >= 0.6 is 0 Å². The minimum absolute atomic E-state index is 0.0749. The Morgan fingerprint density at radius 2 is 1.40 bits per heavy atom. The molecular weight excluding hydrogens is 596 g/mol. The van der Waals surface area contributed by atoms with Crippen LogP contribution in [0.15, 0.2) is 91.0 Å². The number of carbonyl (C=O) groups is 1. The molecule has 4 atom stereocenters. The van der Waals surface area contributed by atoms with E-state index in [1.807, 2.05) is 112 Å². The summed E-state index contributed by atoms with van der Waals surface area (Å²) in [5.41, 5.74) is 2.40. The summed E-state index contributed by atoms with van der Waals surface area (Å²) in [6.07, 6.45) is 4.52. The molecule has 1 heterocycles. The number of hydrogen-bond acceptors (Lipinski definition) is 8. The quantitative estimate of drug-likeness (QED) is 0.104. The molecule has 0 aliphatic carbocycles. The minimum atomic E-state index is -1.45. The molecule has 1 unspecified atom stereocenters. The van der Waals surface area contributed by atoms with Gasteiger partial charge in [0.25, 0.3) is 0 Å². The summed E-state index contributed by atoms with van der Waals surface area (Å²) in [4.78, 5) is 13.5. The van der Waals surface area contributed by atoms with E-state index in [1.54, 1.807) is 21.3 Å². The minimum Gasteiger partial charge on any atom is -0.497 e. The Balaban J connectivity index is 1.42. The third kappa shape index (κ3) is 9.98. The van der Waals surface area contributed by atoms with Gasteiger partial charge in [-0.2, -0.15) is 0 Å². The Morgan fingerprint density at radius 3 is 2.00 bits per heavy atom. The number of rotatable bonds is 18. The Morgan fingerprint density at radius 1 is 0.830 bits per heavy atom. The van der Waals surface area contributed by atoms with Gasteiger partial charge in [0, 0.05) is 25.4 Å². The summed E-state index contributed by atoms with van der Waals surface area (Å²) in [7, 11) is 4.84. The Labute approximate surface area is 279 Å². The van der Waals surface area contributed by atoms with Crippen LogP contribution in [0.4, 0.5) is 0 Å². The summed E-state index contributed by atoms with van der Waals surface area (Å²) < 4.78 is 41.8. The number of benzene rings is 3. The predicted octanol–water partition coefficient (Wildman–Crippen LogP) is 7.47. The molecule has 4 rings (SSSR count). The first-order valence-corrected chi connectivity index (χ1v) is 16.2. The van der Waals surface area contributed by atoms with Gasteiger partial charge in [-0.3, -0.25) is 4.79 Å². The second kappa shape index (κ2) is 17.6. The van der Waals surface area contributed by atoms with Crippen LogP contribution in [0.25, 0.3) is 0 Å². The normalized spacial score (nSPS) is 19.9. The van der Waals surface area contributed by atoms with Gasteiger partial charge in [0.2, 0.25) is 5.79 Å². The maximum absolute atomic E-state index is 13.5. The third-order valence-electron chi connectivity index (χ3n) is 8.70. The molecule has 0 N–H and O–H groups in total. The van der Waals surface area contributed by atoms with Crippen LogP contribution in [-0.4, -0.2) is 57.8 Å². The average molecular weight is 647 g/mol. The molecule has 1 saturated heterocycles. The zero-order valence-electron chi connectivity index (χ0n) is 28.6. The summed E-state index contributed by atoms with van der Waals surface area (Å²) in [5, 5.41) is 0. The van der Waals surface area contributed by atoms with E-state index in [1.165, 1.54) is 0 Å². The predicted molar refractivity (Wildman–Crippen MR) is 181 cm³/mol. The van der Waals surface area contributed by atoms with Crippen molar-refractivity contribution < 1.29 is 38.0 Å². The molecule has 3 aromatic carbocycles. The molecular formula is C39H50O8. The van der Waals surface area contributed by atoms with Crippen LogP contribution < -0.4 is 9.47 Å². The zero-order chi connectivity index (χ0) is 33.7. The average Bonchev–Trinajstić information content (AvgIpc) is 3.10. The second-order valence-electron chi connectivity index (χ2n) is 12.4. The lowest BCUT2D eigenvalue weighted by atomic mass is 9.77. The van der Waals surface area contributed by atoms with Crippen molar-refractivity contribution in [3.05, 3.63) is 108 Å². The van der Waals surface area contributed by atoms with Crippen molar-refractivity contribution in [2.45, 2.75) is 84.0 Å². The molecule has 1 aliphatic heterocycles. The van der Waals surface area contributed by atoms with Crippen LogP contribution in [0.5, 0.6) is 11.5 Å². The Hall–Kier alpha value is -3.53. The Bertz CT molecular complexity index is 1390. The molecule has 0 aromatic heterocycles. The van der Waals surface area contributed by atoms with Gasteiger partial charge in [-0.15, -0.1) is 0 Å². The summed E-state index contributed by atoms with van der Waals surface area (Å²) in [6.45, 7) is 7.65. The lowest BCUT2D eigenvalue weighted by Crippen LogP contribution is -2.59. The standard InChI is InChI=1S/C39H50O8/c1-29(45-27-30-11-8-7-9-12-30)36(46-28-32-15-19-34(42-5)20-16-32)25-35-21-22-37(40)39(43-6,47-35)38(2,3)23-10-24-44-26-31-13-17-33(41-4)18-14-31/h7-20,23,29,35-36H,21-22,24-28H2,1-6H3/b23-10+/t29-,35?,36-,39-/m1/s1. The lowest BCUT2D eigenvalue weighted by molar-refractivity contribution is -0.286. The van der Waals surface area contributed by atoms with Gasteiger partial charge in [0.1, 0.15) is 11.5 Å². The number of carbonyl (C=O) groups excluding carboxylic acids is 1. The molecule has 0 radical (unpaired) electrons. The van der Waals surface area contributed by atoms with E-state index in [9.17, 15) is 4.79 Å². The monoisotopic (exact) mass is 646 g/mol. The number of Topliss-reactive ketones (excluding diaryl/α,β-unsaturated/α-hetero) is 1. The Kier molecular flexibility index (Phi) is 13.6. The van der Waals surface area contributed by atoms with Crippen molar-refractivity contribution in [2.75, 3.05) is 27.9 Å². The van der Waals surface area contributed by atoms with Crippen molar-refractivity contribution in [2.24, 2.45) is 5.41 Å². The van der Waals surface area contributed by atoms with Gasteiger partial charge in [-0.25, -0.2) is 0 Å². The highest BCUT2D eigenvalue weighted by Crippen LogP contribution is 2.43. The van der Waals surface area contributed by atoms with Crippen molar-refractivity contribution in [1.29, 1.82) is 0 Å². The van der Waals surface area contributed by atoms with Gasteiger partial charge in [0.15, 0.2) is 5.78 Å². The largest absolute Gasteiger partial charge is 0.497 e. The number of ether oxygens (including phenoxy) is 7. The summed E-state index contributed by atoms with van der Waals surface area (Å²) in [6, 6.07) is 25.7. The van der Waals surface area contributed by atoms with Gasteiger partial charge in [-0.1, -0.05) is 80.6 Å². The maximum atomic E-state index is 13.5. The van der Waals surface area contributed by atoms with Gasteiger partial charge in [0.05, 0.1) is 59.0 Å². The van der Waals surface area contributed by atoms with E-state index >= 15 is 0 Å². The van der Waals surface area contributed by atoms with E-state index in [2.05, 4.69) is 0 Å². The topological polar surface area (TPSA) is 81.7 Å². The van der Waals surface area contributed by atoms with Crippen LogP contribution in [0, 0.1) is 5.41 Å². The molecule has 254 valence electrons. The van der Waals surface area contributed by atoms with Crippen LogP contribution in [0.3, 0.4) is 0 Å². The fourth-order valence-electron chi connectivity index (χ4n) is 5.83. The number of hydrogen-bond donors (Lipinski definition) is 0. The van der Waals surface area contributed by atoms with Crippen molar-refractivity contribution in [1.82, 2.24) is 0 Å². The number of ketones is 1. The van der Waals surface area contributed by atoms with E-state index in [0.29, 0.717) is 45.7 Å². The van der Waals surface area contributed by atoms with Crippen molar-refractivity contribution in [3.8, 4) is 11.5 Å². The van der Waals surface area contributed by atoms with Crippen molar-refractivity contribution in [3.63, 3.8) is 0 Å². The first-order valence-electron chi connectivity index (χ1n) is 16.2. The molecule has 3 aromatic rings. The zero-order valence-corrected chi connectivity index (χ0v) is 28.6. The lowest BCUT2D eigenvalue weighted by Gasteiger charge is -2.47. The van der Waals surface area contributed by atoms with Crippen LogP contribution in [0.2, 0.25) is 0 Å². The highest BCUT2D eigenvalue weighted by atomic mass is 16.7. The van der Waals surface area contributed by atoms with Gasteiger partial charge < -0.3 is 33.2 Å². The molecule has 47 heavy (non-hydrogen) atoms. The van der Waals surface area contributed by atoms with Crippen molar-refractivity contribution >= 4 is 5.78 Å². The molecule has 8 heteroatoms. The van der Waals surface area contributed by atoms with Crippen LogP contribution in [-0.2, 0) is 48.3 Å². The number of methoxy groups -OCH3 is 3. The fraction of sp³-hybridized carbons (Fsp3) is 0.462. The molecule has 8 nitrogen and oxygen atoms in total. The van der Waals surface area contributed by atoms with Gasteiger partial charge >= 0.3 is 0 Å². The molecule has 0 bridgehead atoms. The molecule has 0 saturated carbocycles. The summed E-state index contributed by atoms with van der Waals surface area (Å²) >= 11 is 0. The fourth-order valence-corrected chi connectivity index (χ4v) is 5.83. The third-order valence-corrected chi connectivity index (χ3v) is 8.70.